The van der Waals surface area contributed by atoms with Crippen molar-refractivity contribution in [3.05, 3.63) is 0 Å². The first-order chi connectivity index (χ1) is 7.61. The standard InChI is InChI=1S/C10H15Br3O4/c1-4-9(2,3)7(14)16-5-6-17-8(15)10(11,12)13/h4-6H2,1-3H3. The minimum absolute atomic E-state index is 0.0227. The van der Waals surface area contributed by atoms with E-state index in [0.29, 0.717) is 6.42 Å². The highest BCUT2D eigenvalue weighted by Crippen LogP contribution is 2.34. The summed E-state index contributed by atoms with van der Waals surface area (Å²) in [7, 11) is 0. The van der Waals surface area contributed by atoms with Gasteiger partial charge in [-0.15, -0.1) is 0 Å². The van der Waals surface area contributed by atoms with Gasteiger partial charge in [0, 0.05) is 0 Å². The Hall–Kier alpha value is 0.380. The number of rotatable bonds is 5. The average molecular weight is 439 g/mol. The first-order valence-corrected chi connectivity index (χ1v) is 7.40. The molecule has 0 bridgehead atoms. The van der Waals surface area contributed by atoms with Crippen molar-refractivity contribution in [2.75, 3.05) is 13.2 Å². The van der Waals surface area contributed by atoms with Gasteiger partial charge in [-0.2, -0.15) is 0 Å². The summed E-state index contributed by atoms with van der Waals surface area (Å²) in [6.07, 6.45) is 0.693. The van der Waals surface area contributed by atoms with Crippen molar-refractivity contribution in [3.8, 4) is 0 Å². The van der Waals surface area contributed by atoms with Crippen LogP contribution in [-0.2, 0) is 19.1 Å². The molecular formula is C10H15Br3O4. The molecule has 0 radical (unpaired) electrons. The summed E-state index contributed by atoms with van der Waals surface area (Å²) >= 11 is 9.06. The molecule has 0 N–H and O–H groups in total. The van der Waals surface area contributed by atoms with Gasteiger partial charge in [0.1, 0.15) is 13.2 Å². The molecule has 0 unspecified atom stereocenters. The fourth-order valence-corrected chi connectivity index (χ4v) is 1.03. The predicted molar refractivity (Wildman–Crippen MR) is 75.5 cm³/mol. The molecular weight excluding hydrogens is 424 g/mol. The molecule has 0 rings (SSSR count). The summed E-state index contributed by atoms with van der Waals surface area (Å²) < 4.78 is 8.76. The van der Waals surface area contributed by atoms with Crippen LogP contribution in [0, 0.1) is 5.41 Å². The number of hydrogen-bond donors (Lipinski definition) is 0. The third-order valence-corrected chi connectivity index (χ3v) is 3.19. The summed E-state index contributed by atoms with van der Waals surface area (Å²) in [6, 6.07) is 0. The molecule has 0 aromatic rings. The van der Waals surface area contributed by atoms with Gasteiger partial charge in [-0.3, -0.25) is 4.79 Å². The highest BCUT2D eigenvalue weighted by atomic mass is 80.0. The molecule has 0 heterocycles. The van der Waals surface area contributed by atoms with Gasteiger partial charge in [0.25, 0.3) is 0 Å². The van der Waals surface area contributed by atoms with Crippen LogP contribution in [-0.4, -0.2) is 27.3 Å². The van der Waals surface area contributed by atoms with Crippen LogP contribution in [0.2, 0.25) is 0 Å². The molecule has 17 heavy (non-hydrogen) atoms. The Kier molecular flexibility index (Phi) is 7.25. The predicted octanol–water partition coefficient (Wildman–Crippen LogP) is 3.35. The first kappa shape index (κ1) is 17.4. The second-order valence-corrected chi connectivity index (χ2v) is 10.8. The molecule has 0 aliphatic rings. The van der Waals surface area contributed by atoms with E-state index in [1.54, 1.807) is 0 Å². The second kappa shape index (κ2) is 7.09. The van der Waals surface area contributed by atoms with Crippen LogP contribution in [0.25, 0.3) is 0 Å². The number of hydrogen-bond acceptors (Lipinski definition) is 4. The third-order valence-electron chi connectivity index (χ3n) is 2.22. The maximum Gasteiger partial charge on any atom is 0.345 e. The number of carbonyl (C=O) groups is 2. The van der Waals surface area contributed by atoms with Gasteiger partial charge in [0.15, 0.2) is 0 Å². The van der Waals surface area contributed by atoms with Crippen LogP contribution in [0.3, 0.4) is 0 Å². The van der Waals surface area contributed by atoms with Crippen LogP contribution in [0.1, 0.15) is 27.2 Å². The zero-order chi connectivity index (χ0) is 13.7. The van der Waals surface area contributed by atoms with Gasteiger partial charge in [-0.1, -0.05) is 6.92 Å². The average Bonchev–Trinajstić information content (AvgIpc) is 2.22. The summed E-state index contributed by atoms with van der Waals surface area (Å²) in [4.78, 5) is 22.8. The molecule has 4 nitrogen and oxygen atoms in total. The van der Waals surface area contributed by atoms with Crippen LogP contribution >= 0.6 is 47.8 Å². The SMILES string of the molecule is CCC(C)(C)C(=O)OCCOC(=O)C(Br)(Br)Br. The van der Waals surface area contributed by atoms with E-state index in [2.05, 4.69) is 47.8 Å². The Balaban J connectivity index is 3.88. The van der Waals surface area contributed by atoms with Crippen molar-refractivity contribution in [2.45, 2.75) is 29.3 Å². The van der Waals surface area contributed by atoms with Crippen molar-refractivity contribution in [2.24, 2.45) is 5.41 Å². The lowest BCUT2D eigenvalue weighted by molar-refractivity contribution is -0.158. The number of carbonyl (C=O) groups excluding carboxylic acids is 2. The lowest BCUT2D eigenvalue weighted by atomic mass is 9.91. The molecule has 0 aliphatic heterocycles. The van der Waals surface area contributed by atoms with Crippen molar-refractivity contribution < 1.29 is 19.1 Å². The Labute approximate surface area is 126 Å². The van der Waals surface area contributed by atoms with Crippen LogP contribution in [0.4, 0.5) is 0 Å². The van der Waals surface area contributed by atoms with Crippen LogP contribution in [0.5, 0.6) is 0 Å². The molecule has 7 heteroatoms. The first-order valence-electron chi connectivity index (χ1n) is 5.02. The zero-order valence-electron chi connectivity index (χ0n) is 9.89. The maximum absolute atomic E-state index is 11.5. The molecule has 0 spiro atoms. The summed E-state index contributed by atoms with van der Waals surface area (Å²) in [5.41, 5.74) is -0.506. The van der Waals surface area contributed by atoms with Gasteiger partial charge in [-0.25, -0.2) is 4.79 Å². The van der Waals surface area contributed by atoms with E-state index >= 15 is 0 Å². The number of halogens is 3. The van der Waals surface area contributed by atoms with E-state index in [1.165, 1.54) is 0 Å². The summed E-state index contributed by atoms with van der Waals surface area (Å²) in [6.45, 7) is 5.60. The van der Waals surface area contributed by atoms with E-state index in [-0.39, 0.29) is 19.2 Å². The van der Waals surface area contributed by atoms with Crippen molar-refractivity contribution in [1.29, 1.82) is 0 Å². The Morgan fingerprint density at radius 2 is 1.41 bits per heavy atom. The highest BCUT2D eigenvalue weighted by molar-refractivity contribution is 9.40. The molecule has 0 fully saturated rings. The number of ether oxygens (including phenoxy) is 2. The Bertz CT molecular complexity index is 284. The number of alkyl halides is 3. The van der Waals surface area contributed by atoms with E-state index in [0.717, 1.165) is 0 Å². The van der Waals surface area contributed by atoms with Gasteiger partial charge in [0.2, 0.25) is 2.14 Å². The van der Waals surface area contributed by atoms with Gasteiger partial charge < -0.3 is 9.47 Å². The Morgan fingerprint density at radius 3 is 1.76 bits per heavy atom. The van der Waals surface area contributed by atoms with Crippen molar-refractivity contribution in [3.63, 3.8) is 0 Å². The molecule has 0 saturated heterocycles. The van der Waals surface area contributed by atoms with Gasteiger partial charge >= 0.3 is 11.9 Å². The normalized spacial score (nSPS) is 12.1. The fraction of sp³-hybridized carbons (Fsp3) is 0.800. The molecule has 0 atom stereocenters. The molecule has 0 aromatic heterocycles. The van der Waals surface area contributed by atoms with E-state index in [9.17, 15) is 9.59 Å². The minimum Gasteiger partial charge on any atom is -0.462 e. The van der Waals surface area contributed by atoms with Gasteiger partial charge in [-0.05, 0) is 68.1 Å². The highest BCUT2D eigenvalue weighted by Gasteiger charge is 2.31. The lowest BCUT2D eigenvalue weighted by Crippen LogP contribution is -2.28. The minimum atomic E-state index is -1.08. The Morgan fingerprint density at radius 1 is 1.00 bits per heavy atom. The van der Waals surface area contributed by atoms with Crippen LogP contribution in [0.15, 0.2) is 0 Å². The van der Waals surface area contributed by atoms with E-state index < -0.39 is 13.5 Å². The quantitative estimate of drug-likeness (QED) is 0.375. The largest absolute Gasteiger partial charge is 0.462 e. The molecule has 0 aliphatic carbocycles. The molecule has 100 valence electrons. The maximum atomic E-state index is 11.5. The molecule has 0 aromatic carbocycles. The second-order valence-electron chi connectivity index (χ2n) is 4.01. The van der Waals surface area contributed by atoms with Crippen LogP contribution < -0.4 is 0 Å². The van der Waals surface area contributed by atoms with Gasteiger partial charge in [0.05, 0.1) is 5.41 Å². The zero-order valence-corrected chi connectivity index (χ0v) is 14.6. The molecule has 0 amide bonds. The number of esters is 2. The molecule has 0 saturated carbocycles. The van der Waals surface area contributed by atoms with E-state index in [4.69, 9.17) is 9.47 Å². The van der Waals surface area contributed by atoms with E-state index in [1.807, 2.05) is 20.8 Å². The fourth-order valence-electron chi connectivity index (χ4n) is 0.690. The topological polar surface area (TPSA) is 52.6 Å². The third kappa shape index (κ3) is 6.76. The van der Waals surface area contributed by atoms with Crippen molar-refractivity contribution in [1.82, 2.24) is 0 Å². The monoisotopic (exact) mass is 436 g/mol. The lowest BCUT2D eigenvalue weighted by Gasteiger charge is -2.20. The van der Waals surface area contributed by atoms with Crippen molar-refractivity contribution >= 4 is 59.7 Å². The smallest absolute Gasteiger partial charge is 0.345 e. The summed E-state index contributed by atoms with van der Waals surface area (Å²) in [5.74, 6) is -0.831. The summed E-state index contributed by atoms with van der Waals surface area (Å²) in [5, 5.41) is 0.